The van der Waals surface area contributed by atoms with Crippen molar-refractivity contribution in [3.05, 3.63) is 53.3 Å². The molecular formula is C17H20N4. The molecule has 0 amide bonds. The molecule has 0 aliphatic rings. The number of imidazole rings is 1. The molecule has 1 aromatic carbocycles. The van der Waals surface area contributed by atoms with Crippen LogP contribution in [0.5, 0.6) is 0 Å². The van der Waals surface area contributed by atoms with Gasteiger partial charge in [0.1, 0.15) is 11.6 Å². The quantitative estimate of drug-likeness (QED) is 0.798. The second-order valence-corrected chi connectivity index (χ2v) is 5.61. The zero-order valence-corrected chi connectivity index (χ0v) is 12.7. The van der Waals surface area contributed by atoms with Crippen molar-refractivity contribution in [2.24, 2.45) is 0 Å². The number of pyridine rings is 1. The fraction of sp³-hybridized carbons (Fsp3) is 0.294. The predicted octanol–water partition coefficient (Wildman–Crippen LogP) is 3.12. The number of aryl methyl sites for hydroxylation is 3. The fourth-order valence-electron chi connectivity index (χ4n) is 2.43. The van der Waals surface area contributed by atoms with Crippen LogP contribution >= 0.6 is 0 Å². The summed E-state index contributed by atoms with van der Waals surface area (Å²) >= 11 is 0. The van der Waals surface area contributed by atoms with E-state index in [1.807, 2.05) is 31.1 Å². The molecule has 0 aliphatic carbocycles. The zero-order chi connectivity index (χ0) is 14.8. The summed E-state index contributed by atoms with van der Waals surface area (Å²) < 4.78 is 0. The van der Waals surface area contributed by atoms with Crippen LogP contribution in [-0.4, -0.2) is 29.0 Å². The van der Waals surface area contributed by atoms with Gasteiger partial charge in [0, 0.05) is 20.5 Å². The van der Waals surface area contributed by atoms with Gasteiger partial charge in [0.25, 0.3) is 0 Å². The number of fused-ring (bicyclic) bond motifs is 1. The molecule has 3 aromatic rings. The summed E-state index contributed by atoms with van der Waals surface area (Å²) in [7, 11) is 3.97. The summed E-state index contributed by atoms with van der Waals surface area (Å²) in [6.07, 6.45) is 1.89. The van der Waals surface area contributed by atoms with Gasteiger partial charge in [-0.3, -0.25) is 0 Å². The second kappa shape index (κ2) is 5.56. The van der Waals surface area contributed by atoms with Crippen LogP contribution in [0.15, 0.2) is 36.4 Å². The molecule has 0 unspecified atom stereocenters. The molecule has 108 valence electrons. The monoisotopic (exact) mass is 280 g/mol. The summed E-state index contributed by atoms with van der Waals surface area (Å²) in [5.74, 6) is 1.93. The number of rotatable bonds is 4. The van der Waals surface area contributed by atoms with Crippen molar-refractivity contribution in [3.63, 3.8) is 0 Å². The number of hydrogen-bond acceptors (Lipinski definition) is 3. The van der Waals surface area contributed by atoms with Gasteiger partial charge in [-0.2, -0.15) is 0 Å². The molecular weight excluding hydrogens is 260 g/mol. The van der Waals surface area contributed by atoms with E-state index in [9.17, 15) is 0 Å². The molecule has 0 spiro atoms. The van der Waals surface area contributed by atoms with Crippen molar-refractivity contribution in [1.82, 2.24) is 15.0 Å². The van der Waals surface area contributed by atoms with Crippen LogP contribution in [0.25, 0.3) is 11.2 Å². The molecule has 1 N–H and O–H groups in total. The normalized spacial score (nSPS) is 11.0. The minimum Gasteiger partial charge on any atom is -0.363 e. The van der Waals surface area contributed by atoms with E-state index >= 15 is 0 Å². The Labute approximate surface area is 124 Å². The van der Waals surface area contributed by atoms with Crippen LogP contribution < -0.4 is 4.90 Å². The first-order valence-corrected chi connectivity index (χ1v) is 7.20. The van der Waals surface area contributed by atoms with Gasteiger partial charge < -0.3 is 9.88 Å². The third-order valence-corrected chi connectivity index (χ3v) is 3.57. The Bertz CT molecular complexity index is 758. The van der Waals surface area contributed by atoms with Crippen LogP contribution in [0.1, 0.15) is 17.0 Å². The lowest BCUT2D eigenvalue weighted by molar-refractivity contribution is 0.887. The van der Waals surface area contributed by atoms with Crippen molar-refractivity contribution >= 4 is 17.0 Å². The van der Waals surface area contributed by atoms with Gasteiger partial charge in [-0.05, 0) is 31.0 Å². The van der Waals surface area contributed by atoms with Crippen molar-refractivity contribution in [2.45, 2.75) is 19.8 Å². The zero-order valence-electron chi connectivity index (χ0n) is 12.7. The van der Waals surface area contributed by atoms with E-state index in [4.69, 9.17) is 0 Å². The SMILES string of the molecule is Cc1cccc(CCc2nc3nc(N(C)C)ccc3[nH]2)c1. The van der Waals surface area contributed by atoms with E-state index in [2.05, 4.69) is 46.1 Å². The van der Waals surface area contributed by atoms with Gasteiger partial charge in [0.15, 0.2) is 5.65 Å². The maximum Gasteiger partial charge on any atom is 0.179 e. The Hall–Kier alpha value is -2.36. The summed E-state index contributed by atoms with van der Waals surface area (Å²) in [4.78, 5) is 14.5. The predicted molar refractivity (Wildman–Crippen MR) is 86.8 cm³/mol. The number of anilines is 1. The first kappa shape index (κ1) is 13.6. The maximum absolute atomic E-state index is 4.60. The number of aromatic amines is 1. The minimum absolute atomic E-state index is 0.792. The number of nitrogens with one attached hydrogen (secondary N) is 1. The molecule has 2 aromatic heterocycles. The molecule has 21 heavy (non-hydrogen) atoms. The highest BCUT2D eigenvalue weighted by Crippen LogP contribution is 2.16. The summed E-state index contributed by atoms with van der Waals surface area (Å²) in [6.45, 7) is 2.12. The van der Waals surface area contributed by atoms with Crippen LogP contribution in [0.2, 0.25) is 0 Å². The highest BCUT2D eigenvalue weighted by Gasteiger charge is 2.06. The van der Waals surface area contributed by atoms with E-state index in [-0.39, 0.29) is 0 Å². The Morgan fingerprint density at radius 2 is 1.90 bits per heavy atom. The van der Waals surface area contributed by atoms with Crippen LogP contribution in [-0.2, 0) is 12.8 Å². The van der Waals surface area contributed by atoms with Crippen molar-refractivity contribution in [1.29, 1.82) is 0 Å². The standard InChI is InChI=1S/C17H20N4/c1-12-5-4-6-13(11-12)7-9-15-18-14-8-10-16(21(2)3)20-17(14)19-15/h4-6,8,10-11H,7,9H2,1-3H3,(H,18,19,20). The van der Waals surface area contributed by atoms with Gasteiger partial charge >= 0.3 is 0 Å². The third-order valence-electron chi connectivity index (χ3n) is 3.57. The number of hydrogen-bond donors (Lipinski definition) is 1. The van der Waals surface area contributed by atoms with Crippen molar-refractivity contribution < 1.29 is 0 Å². The average Bonchev–Trinajstić information content (AvgIpc) is 2.87. The van der Waals surface area contributed by atoms with E-state index in [1.165, 1.54) is 11.1 Å². The molecule has 0 atom stereocenters. The van der Waals surface area contributed by atoms with E-state index in [1.54, 1.807) is 0 Å². The smallest absolute Gasteiger partial charge is 0.179 e. The number of H-pyrrole nitrogens is 1. The third kappa shape index (κ3) is 3.05. The van der Waals surface area contributed by atoms with Crippen molar-refractivity contribution in [2.75, 3.05) is 19.0 Å². The summed E-state index contributed by atoms with van der Waals surface area (Å²) in [5, 5.41) is 0. The lowest BCUT2D eigenvalue weighted by atomic mass is 10.1. The molecule has 0 saturated heterocycles. The molecule has 0 saturated carbocycles. The lowest BCUT2D eigenvalue weighted by Crippen LogP contribution is -2.10. The second-order valence-electron chi connectivity index (χ2n) is 5.61. The Balaban J connectivity index is 1.78. The van der Waals surface area contributed by atoms with E-state index in [0.29, 0.717) is 0 Å². The lowest BCUT2D eigenvalue weighted by Gasteiger charge is -2.09. The molecule has 4 heteroatoms. The Morgan fingerprint density at radius 1 is 1.05 bits per heavy atom. The molecule has 0 radical (unpaired) electrons. The molecule has 4 nitrogen and oxygen atoms in total. The number of aromatic nitrogens is 3. The molecule has 0 fully saturated rings. The Morgan fingerprint density at radius 3 is 2.67 bits per heavy atom. The van der Waals surface area contributed by atoms with Crippen LogP contribution in [0.3, 0.4) is 0 Å². The largest absolute Gasteiger partial charge is 0.363 e. The van der Waals surface area contributed by atoms with Gasteiger partial charge in [0.05, 0.1) is 5.52 Å². The molecule has 2 heterocycles. The Kier molecular flexibility index (Phi) is 3.60. The summed E-state index contributed by atoms with van der Waals surface area (Å²) in [6, 6.07) is 12.7. The minimum atomic E-state index is 0.792. The maximum atomic E-state index is 4.60. The molecule has 0 aliphatic heterocycles. The van der Waals surface area contributed by atoms with Crippen LogP contribution in [0, 0.1) is 6.92 Å². The molecule has 0 bridgehead atoms. The van der Waals surface area contributed by atoms with Crippen molar-refractivity contribution in [3.8, 4) is 0 Å². The van der Waals surface area contributed by atoms with E-state index < -0.39 is 0 Å². The first-order chi connectivity index (χ1) is 10.1. The fourth-order valence-corrected chi connectivity index (χ4v) is 2.43. The highest BCUT2D eigenvalue weighted by atomic mass is 15.1. The van der Waals surface area contributed by atoms with Gasteiger partial charge in [-0.15, -0.1) is 0 Å². The number of benzene rings is 1. The molecule has 3 rings (SSSR count). The average molecular weight is 280 g/mol. The summed E-state index contributed by atoms with van der Waals surface area (Å²) in [5.41, 5.74) is 4.44. The van der Waals surface area contributed by atoms with Gasteiger partial charge in [-0.1, -0.05) is 29.8 Å². The highest BCUT2D eigenvalue weighted by molar-refractivity contribution is 5.73. The van der Waals surface area contributed by atoms with Crippen LogP contribution in [0.4, 0.5) is 5.82 Å². The van der Waals surface area contributed by atoms with Gasteiger partial charge in [0.2, 0.25) is 0 Å². The van der Waals surface area contributed by atoms with Gasteiger partial charge in [-0.25, -0.2) is 9.97 Å². The first-order valence-electron chi connectivity index (χ1n) is 7.20. The van der Waals surface area contributed by atoms with E-state index in [0.717, 1.165) is 35.6 Å². The number of nitrogens with zero attached hydrogens (tertiary/aromatic N) is 3. The topological polar surface area (TPSA) is 44.8 Å².